The minimum absolute atomic E-state index is 0.175. The van der Waals surface area contributed by atoms with Crippen molar-refractivity contribution in [3.05, 3.63) is 41.3 Å². The van der Waals surface area contributed by atoms with Gasteiger partial charge in [-0.25, -0.2) is 4.39 Å². The first-order valence-electron chi connectivity index (χ1n) is 7.11. The number of hydrogen-bond acceptors (Lipinski definition) is 3. The van der Waals surface area contributed by atoms with Crippen LogP contribution >= 0.6 is 0 Å². The van der Waals surface area contributed by atoms with Gasteiger partial charge in [-0.05, 0) is 31.5 Å². The van der Waals surface area contributed by atoms with E-state index < -0.39 is 0 Å². The van der Waals surface area contributed by atoms with E-state index in [4.69, 9.17) is 5.73 Å². The molecule has 0 aliphatic carbocycles. The quantitative estimate of drug-likeness (QED) is 0.916. The molecule has 2 aromatic rings. The molecular formula is C16H16FN3O2. The van der Waals surface area contributed by atoms with Crippen LogP contribution in [0.3, 0.4) is 0 Å². The first kappa shape index (κ1) is 14.4. The molecule has 1 aromatic heterocycles. The Morgan fingerprint density at radius 3 is 2.82 bits per heavy atom. The van der Waals surface area contributed by atoms with Crippen molar-refractivity contribution in [3.8, 4) is 0 Å². The van der Waals surface area contributed by atoms with Crippen LogP contribution in [0, 0.1) is 18.7 Å². The summed E-state index contributed by atoms with van der Waals surface area (Å²) in [5.41, 5.74) is 6.88. The molecule has 0 radical (unpaired) electrons. The monoisotopic (exact) mass is 301 g/mol. The molecule has 1 atom stereocenters. The fraction of sp³-hybridized carbons (Fsp3) is 0.312. The number of halogens is 1. The number of fused-ring (bicyclic) bond motifs is 1. The van der Waals surface area contributed by atoms with Crippen LogP contribution in [0.25, 0.3) is 10.9 Å². The molecule has 0 saturated carbocycles. The summed E-state index contributed by atoms with van der Waals surface area (Å²) in [6.07, 6.45) is 0.581. The highest BCUT2D eigenvalue weighted by Crippen LogP contribution is 2.24. The lowest BCUT2D eigenvalue weighted by molar-refractivity contribution is -0.121. The van der Waals surface area contributed by atoms with Gasteiger partial charge in [0.25, 0.3) is 5.91 Å². The van der Waals surface area contributed by atoms with Crippen molar-refractivity contribution in [3.63, 3.8) is 0 Å². The summed E-state index contributed by atoms with van der Waals surface area (Å²) in [6.45, 7) is 2.59. The lowest BCUT2D eigenvalue weighted by Crippen LogP contribution is -2.32. The highest BCUT2D eigenvalue weighted by atomic mass is 19.1. The predicted molar refractivity (Wildman–Crippen MR) is 79.6 cm³/mol. The Balaban J connectivity index is 1.99. The number of hydrogen-bond donors (Lipinski definition) is 1. The first-order valence-corrected chi connectivity index (χ1v) is 7.11. The van der Waals surface area contributed by atoms with E-state index >= 15 is 0 Å². The van der Waals surface area contributed by atoms with Gasteiger partial charge in [0, 0.05) is 30.2 Å². The van der Waals surface area contributed by atoms with Crippen LogP contribution < -0.4 is 5.73 Å². The smallest absolute Gasteiger partial charge is 0.254 e. The van der Waals surface area contributed by atoms with Crippen LogP contribution in [-0.2, 0) is 4.79 Å². The highest BCUT2D eigenvalue weighted by Gasteiger charge is 2.30. The Kier molecular flexibility index (Phi) is 3.52. The van der Waals surface area contributed by atoms with Gasteiger partial charge >= 0.3 is 0 Å². The van der Waals surface area contributed by atoms with Crippen LogP contribution in [0.15, 0.2) is 24.3 Å². The Morgan fingerprint density at radius 1 is 1.36 bits per heavy atom. The van der Waals surface area contributed by atoms with Crippen LogP contribution in [0.1, 0.15) is 22.5 Å². The van der Waals surface area contributed by atoms with Crippen molar-refractivity contribution in [2.45, 2.75) is 13.3 Å². The number of amides is 2. The van der Waals surface area contributed by atoms with E-state index in [1.54, 1.807) is 24.0 Å². The molecule has 3 rings (SSSR count). The largest absolute Gasteiger partial charge is 0.369 e. The molecule has 0 bridgehead atoms. The van der Waals surface area contributed by atoms with Gasteiger partial charge in [0.15, 0.2) is 0 Å². The topological polar surface area (TPSA) is 76.3 Å². The molecular weight excluding hydrogens is 285 g/mol. The Morgan fingerprint density at radius 2 is 2.14 bits per heavy atom. The maximum atomic E-state index is 13.4. The van der Waals surface area contributed by atoms with Gasteiger partial charge in [-0.2, -0.15) is 0 Å². The van der Waals surface area contributed by atoms with E-state index in [0.717, 1.165) is 0 Å². The zero-order valence-corrected chi connectivity index (χ0v) is 12.2. The molecule has 1 aliphatic rings. The number of nitrogens with two attached hydrogens (primary N) is 1. The molecule has 2 N–H and O–H groups in total. The number of benzene rings is 1. The molecule has 6 heteroatoms. The third-order valence-electron chi connectivity index (χ3n) is 4.01. The molecule has 114 valence electrons. The predicted octanol–water partition coefficient (Wildman–Crippen LogP) is 1.63. The number of nitrogens with zero attached hydrogens (tertiary/aromatic N) is 2. The SMILES string of the molecule is Cc1cc(C(=O)N2CC[C@H](C(N)=O)C2)c2ccc(F)cc2n1. The third-order valence-corrected chi connectivity index (χ3v) is 4.01. The summed E-state index contributed by atoms with van der Waals surface area (Å²) in [4.78, 5) is 29.8. The summed E-state index contributed by atoms with van der Waals surface area (Å²) in [6, 6.07) is 5.88. The normalized spacial score (nSPS) is 17.9. The van der Waals surface area contributed by atoms with Crippen molar-refractivity contribution < 1.29 is 14.0 Å². The lowest BCUT2D eigenvalue weighted by Gasteiger charge is -2.17. The van der Waals surface area contributed by atoms with Gasteiger partial charge in [-0.15, -0.1) is 0 Å². The van der Waals surface area contributed by atoms with Crippen molar-refractivity contribution in [1.82, 2.24) is 9.88 Å². The molecule has 2 heterocycles. The van der Waals surface area contributed by atoms with E-state index in [1.807, 2.05) is 0 Å². The first-order chi connectivity index (χ1) is 10.5. The minimum Gasteiger partial charge on any atom is -0.369 e. The highest BCUT2D eigenvalue weighted by molar-refractivity contribution is 6.06. The number of aromatic nitrogens is 1. The Labute approximate surface area is 126 Å². The van der Waals surface area contributed by atoms with Gasteiger partial charge in [-0.1, -0.05) is 0 Å². The van der Waals surface area contributed by atoms with Crippen molar-refractivity contribution in [2.24, 2.45) is 11.7 Å². The minimum atomic E-state index is -0.390. The second kappa shape index (κ2) is 5.36. The van der Waals surface area contributed by atoms with Crippen LogP contribution in [0.5, 0.6) is 0 Å². The van der Waals surface area contributed by atoms with Gasteiger partial charge < -0.3 is 10.6 Å². The standard InChI is InChI=1S/C16H16FN3O2/c1-9-6-13(12-3-2-11(17)7-14(12)19-9)16(22)20-5-4-10(8-20)15(18)21/h2-3,6-7,10H,4-5,8H2,1H3,(H2,18,21)/t10-/m0/s1. The van der Waals surface area contributed by atoms with E-state index in [-0.39, 0.29) is 23.5 Å². The van der Waals surface area contributed by atoms with E-state index in [0.29, 0.717) is 41.7 Å². The fourth-order valence-corrected chi connectivity index (χ4v) is 2.86. The molecule has 5 nitrogen and oxygen atoms in total. The molecule has 0 spiro atoms. The van der Waals surface area contributed by atoms with Crippen LogP contribution in [0.4, 0.5) is 4.39 Å². The zero-order chi connectivity index (χ0) is 15.9. The van der Waals surface area contributed by atoms with Crippen LogP contribution in [-0.4, -0.2) is 34.8 Å². The van der Waals surface area contributed by atoms with Crippen molar-refractivity contribution >= 4 is 22.7 Å². The second-order valence-electron chi connectivity index (χ2n) is 5.61. The summed E-state index contributed by atoms with van der Waals surface area (Å²) in [7, 11) is 0. The number of carbonyl (C=O) groups excluding carboxylic acids is 2. The number of aryl methyl sites for hydroxylation is 1. The maximum Gasteiger partial charge on any atom is 0.254 e. The number of likely N-dealkylation sites (tertiary alicyclic amines) is 1. The number of primary amides is 1. The van der Waals surface area contributed by atoms with Crippen LogP contribution in [0.2, 0.25) is 0 Å². The van der Waals surface area contributed by atoms with E-state index in [1.165, 1.54) is 12.1 Å². The van der Waals surface area contributed by atoms with Crippen molar-refractivity contribution in [2.75, 3.05) is 13.1 Å². The molecule has 1 fully saturated rings. The zero-order valence-electron chi connectivity index (χ0n) is 12.2. The lowest BCUT2D eigenvalue weighted by atomic mass is 10.1. The molecule has 1 saturated heterocycles. The average Bonchev–Trinajstić information content (AvgIpc) is 2.95. The van der Waals surface area contributed by atoms with E-state index in [2.05, 4.69) is 4.98 Å². The Hall–Kier alpha value is -2.50. The summed E-state index contributed by atoms with van der Waals surface area (Å²) >= 11 is 0. The molecule has 2 amide bonds. The fourth-order valence-electron chi connectivity index (χ4n) is 2.86. The number of rotatable bonds is 2. The number of pyridine rings is 1. The summed E-state index contributed by atoms with van der Waals surface area (Å²) in [5.74, 6) is -1.24. The molecule has 1 aliphatic heterocycles. The van der Waals surface area contributed by atoms with Crippen molar-refractivity contribution in [1.29, 1.82) is 0 Å². The van der Waals surface area contributed by atoms with Gasteiger partial charge in [0.1, 0.15) is 5.82 Å². The third kappa shape index (κ3) is 2.52. The van der Waals surface area contributed by atoms with Gasteiger partial charge in [-0.3, -0.25) is 14.6 Å². The van der Waals surface area contributed by atoms with E-state index in [9.17, 15) is 14.0 Å². The number of carbonyl (C=O) groups is 2. The second-order valence-corrected chi connectivity index (χ2v) is 5.61. The molecule has 22 heavy (non-hydrogen) atoms. The van der Waals surface area contributed by atoms with Gasteiger partial charge in [0.05, 0.1) is 17.0 Å². The average molecular weight is 301 g/mol. The molecule has 1 aromatic carbocycles. The Bertz CT molecular complexity index is 770. The molecule has 0 unspecified atom stereocenters. The van der Waals surface area contributed by atoms with Gasteiger partial charge in [0.2, 0.25) is 5.91 Å². The maximum absolute atomic E-state index is 13.4. The summed E-state index contributed by atoms with van der Waals surface area (Å²) < 4.78 is 13.4. The summed E-state index contributed by atoms with van der Waals surface area (Å²) in [5, 5.41) is 0.611.